The molecule has 0 bridgehead atoms. The summed E-state index contributed by atoms with van der Waals surface area (Å²) >= 11 is 12.6. The number of benzene rings is 2. The van der Waals surface area contributed by atoms with Gasteiger partial charge in [0, 0.05) is 30.3 Å². The standard InChI is InChI=1S/C17H18Cl2N2O/c18-15-4-2-1-3-13(15)12-20-14-5-6-17(16(19)11-14)21-7-9-22-10-8-21/h1-6,11,20H,7-10,12H2. The topological polar surface area (TPSA) is 24.5 Å². The number of ether oxygens (including phenoxy) is 1. The third-order valence-electron chi connectivity index (χ3n) is 3.74. The van der Waals surface area contributed by atoms with Crippen molar-refractivity contribution < 1.29 is 4.74 Å². The minimum atomic E-state index is 0.674. The zero-order chi connectivity index (χ0) is 15.4. The molecule has 0 atom stereocenters. The first-order valence-corrected chi connectivity index (χ1v) is 8.09. The van der Waals surface area contributed by atoms with Crippen molar-refractivity contribution in [3.63, 3.8) is 0 Å². The van der Waals surface area contributed by atoms with E-state index in [1.165, 1.54) is 0 Å². The summed E-state index contributed by atoms with van der Waals surface area (Å²) in [6.45, 7) is 3.94. The Kier molecular flexibility index (Phi) is 5.08. The van der Waals surface area contributed by atoms with E-state index in [2.05, 4.69) is 16.3 Å². The molecule has 2 aromatic carbocycles. The number of hydrogen-bond acceptors (Lipinski definition) is 3. The number of rotatable bonds is 4. The summed E-state index contributed by atoms with van der Waals surface area (Å²) in [5, 5.41) is 4.89. The Bertz CT molecular complexity index is 642. The highest BCUT2D eigenvalue weighted by Gasteiger charge is 2.14. The van der Waals surface area contributed by atoms with Crippen molar-refractivity contribution in [1.82, 2.24) is 0 Å². The van der Waals surface area contributed by atoms with Crippen LogP contribution in [0.1, 0.15) is 5.56 Å². The first kappa shape index (κ1) is 15.5. The molecular formula is C17H18Cl2N2O. The van der Waals surface area contributed by atoms with Gasteiger partial charge in [0.05, 0.1) is 23.9 Å². The summed E-state index contributed by atoms with van der Waals surface area (Å²) in [6.07, 6.45) is 0. The van der Waals surface area contributed by atoms with Gasteiger partial charge in [0.1, 0.15) is 0 Å². The molecular weight excluding hydrogens is 319 g/mol. The minimum absolute atomic E-state index is 0.674. The Morgan fingerprint density at radius 1 is 1.00 bits per heavy atom. The van der Waals surface area contributed by atoms with Crippen LogP contribution >= 0.6 is 23.2 Å². The van der Waals surface area contributed by atoms with E-state index in [-0.39, 0.29) is 0 Å². The maximum atomic E-state index is 6.43. The molecule has 0 radical (unpaired) electrons. The highest BCUT2D eigenvalue weighted by Crippen LogP contribution is 2.29. The van der Waals surface area contributed by atoms with Crippen LogP contribution in [-0.2, 0) is 11.3 Å². The molecule has 0 spiro atoms. The average Bonchev–Trinajstić information content (AvgIpc) is 2.55. The van der Waals surface area contributed by atoms with E-state index in [0.29, 0.717) is 6.54 Å². The van der Waals surface area contributed by atoms with Crippen molar-refractivity contribution >= 4 is 34.6 Å². The van der Waals surface area contributed by atoms with Crippen LogP contribution in [0.4, 0.5) is 11.4 Å². The molecule has 1 N–H and O–H groups in total. The molecule has 0 unspecified atom stereocenters. The lowest BCUT2D eigenvalue weighted by atomic mass is 10.2. The second kappa shape index (κ2) is 7.23. The molecule has 116 valence electrons. The van der Waals surface area contributed by atoms with E-state index in [1.807, 2.05) is 36.4 Å². The molecule has 1 heterocycles. The lowest BCUT2D eigenvalue weighted by Gasteiger charge is -2.29. The molecule has 5 heteroatoms. The van der Waals surface area contributed by atoms with Crippen molar-refractivity contribution in [2.75, 3.05) is 36.5 Å². The number of nitrogens with zero attached hydrogens (tertiary/aromatic N) is 1. The quantitative estimate of drug-likeness (QED) is 0.893. The molecule has 1 saturated heterocycles. The SMILES string of the molecule is Clc1ccccc1CNc1ccc(N2CCOCC2)c(Cl)c1. The Morgan fingerprint density at radius 2 is 1.77 bits per heavy atom. The number of anilines is 2. The summed E-state index contributed by atoms with van der Waals surface area (Å²) in [5.41, 5.74) is 3.12. The van der Waals surface area contributed by atoms with E-state index in [0.717, 1.165) is 53.3 Å². The summed E-state index contributed by atoms with van der Waals surface area (Å²) < 4.78 is 5.37. The van der Waals surface area contributed by atoms with Gasteiger partial charge in [0.25, 0.3) is 0 Å². The smallest absolute Gasteiger partial charge is 0.0660 e. The van der Waals surface area contributed by atoms with Gasteiger partial charge < -0.3 is 15.0 Å². The fraction of sp³-hybridized carbons (Fsp3) is 0.294. The molecule has 3 rings (SSSR count). The van der Waals surface area contributed by atoms with Crippen LogP contribution < -0.4 is 10.2 Å². The van der Waals surface area contributed by atoms with Crippen molar-refractivity contribution in [3.05, 3.63) is 58.1 Å². The summed E-state index contributed by atoms with van der Waals surface area (Å²) in [6, 6.07) is 13.9. The molecule has 1 fully saturated rings. The van der Waals surface area contributed by atoms with Crippen molar-refractivity contribution in [2.24, 2.45) is 0 Å². The van der Waals surface area contributed by atoms with Gasteiger partial charge in [-0.1, -0.05) is 41.4 Å². The highest BCUT2D eigenvalue weighted by molar-refractivity contribution is 6.33. The molecule has 2 aromatic rings. The van der Waals surface area contributed by atoms with E-state index < -0.39 is 0 Å². The van der Waals surface area contributed by atoms with Gasteiger partial charge in [-0.25, -0.2) is 0 Å². The predicted octanol–water partition coefficient (Wildman–Crippen LogP) is 4.44. The Balaban J connectivity index is 1.68. The highest BCUT2D eigenvalue weighted by atomic mass is 35.5. The van der Waals surface area contributed by atoms with Gasteiger partial charge in [-0.15, -0.1) is 0 Å². The monoisotopic (exact) mass is 336 g/mol. The van der Waals surface area contributed by atoms with Gasteiger partial charge in [-0.05, 0) is 29.8 Å². The fourth-order valence-electron chi connectivity index (χ4n) is 2.52. The lowest BCUT2D eigenvalue weighted by Crippen LogP contribution is -2.36. The first-order chi connectivity index (χ1) is 10.7. The Morgan fingerprint density at radius 3 is 2.50 bits per heavy atom. The fourth-order valence-corrected chi connectivity index (χ4v) is 3.02. The van der Waals surface area contributed by atoms with Crippen LogP contribution in [0.3, 0.4) is 0 Å². The zero-order valence-electron chi connectivity index (χ0n) is 12.2. The lowest BCUT2D eigenvalue weighted by molar-refractivity contribution is 0.122. The summed E-state index contributed by atoms with van der Waals surface area (Å²) in [5.74, 6) is 0. The maximum absolute atomic E-state index is 6.43. The Labute approximate surface area is 140 Å². The van der Waals surface area contributed by atoms with Crippen LogP contribution in [-0.4, -0.2) is 26.3 Å². The molecule has 1 aliphatic rings. The van der Waals surface area contributed by atoms with Crippen molar-refractivity contribution in [2.45, 2.75) is 6.54 Å². The Hall–Kier alpha value is -1.42. The van der Waals surface area contributed by atoms with Gasteiger partial charge in [0.15, 0.2) is 0 Å². The molecule has 22 heavy (non-hydrogen) atoms. The molecule has 0 aliphatic carbocycles. The third-order valence-corrected chi connectivity index (χ3v) is 4.41. The van der Waals surface area contributed by atoms with Gasteiger partial charge in [-0.2, -0.15) is 0 Å². The average molecular weight is 337 g/mol. The van der Waals surface area contributed by atoms with Gasteiger partial charge in [0.2, 0.25) is 0 Å². The zero-order valence-corrected chi connectivity index (χ0v) is 13.7. The van der Waals surface area contributed by atoms with Gasteiger partial charge in [-0.3, -0.25) is 0 Å². The molecule has 0 saturated carbocycles. The van der Waals surface area contributed by atoms with E-state index in [4.69, 9.17) is 27.9 Å². The number of nitrogens with one attached hydrogen (secondary N) is 1. The van der Waals surface area contributed by atoms with Crippen LogP contribution in [0.15, 0.2) is 42.5 Å². The number of morpholine rings is 1. The van der Waals surface area contributed by atoms with Crippen molar-refractivity contribution in [3.8, 4) is 0 Å². The largest absolute Gasteiger partial charge is 0.381 e. The van der Waals surface area contributed by atoms with Crippen LogP contribution in [0.5, 0.6) is 0 Å². The van der Waals surface area contributed by atoms with Crippen molar-refractivity contribution in [1.29, 1.82) is 0 Å². The van der Waals surface area contributed by atoms with Crippen LogP contribution in [0.2, 0.25) is 10.0 Å². The predicted molar refractivity (Wildman–Crippen MR) is 93.3 cm³/mol. The number of halogens is 2. The number of hydrogen-bond donors (Lipinski definition) is 1. The molecule has 1 aliphatic heterocycles. The molecule has 0 amide bonds. The van der Waals surface area contributed by atoms with E-state index >= 15 is 0 Å². The maximum Gasteiger partial charge on any atom is 0.0660 e. The molecule has 3 nitrogen and oxygen atoms in total. The first-order valence-electron chi connectivity index (χ1n) is 7.33. The van der Waals surface area contributed by atoms with E-state index in [9.17, 15) is 0 Å². The minimum Gasteiger partial charge on any atom is -0.381 e. The summed E-state index contributed by atoms with van der Waals surface area (Å²) in [7, 11) is 0. The van der Waals surface area contributed by atoms with Crippen LogP contribution in [0, 0.1) is 0 Å². The van der Waals surface area contributed by atoms with Gasteiger partial charge >= 0.3 is 0 Å². The summed E-state index contributed by atoms with van der Waals surface area (Å²) in [4.78, 5) is 2.25. The van der Waals surface area contributed by atoms with Crippen LogP contribution in [0.25, 0.3) is 0 Å². The van der Waals surface area contributed by atoms with E-state index in [1.54, 1.807) is 0 Å². The molecule has 0 aromatic heterocycles. The normalized spacial score (nSPS) is 14.9. The second-order valence-corrected chi connectivity index (χ2v) is 6.02. The second-order valence-electron chi connectivity index (χ2n) is 5.21. The third kappa shape index (κ3) is 3.67.